The Hall–Kier alpha value is -2.77. The number of methoxy groups -OCH3 is 1. The summed E-state index contributed by atoms with van der Waals surface area (Å²) < 4.78 is 18.5. The Bertz CT molecular complexity index is 733. The minimum atomic E-state index is -1.43. The number of rotatable bonds is 2. The molecule has 2 aliphatic rings. The molecule has 2 aliphatic heterocycles. The third-order valence-corrected chi connectivity index (χ3v) is 3.86. The van der Waals surface area contributed by atoms with Crippen molar-refractivity contribution >= 4 is 29.2 Å². The molecule has 22 heavy (non-hydrogen) atoms. The second-order valence-corrected chi connectivity index (χ2v) is 5.17. The van der Waals surface area contributed by atoms with Crippen molar-refractivity contribution in [2.45, 2.75) is 12.5 Å². The van der Waals surface area contributed by atoms with Crippen LogP contribution < -0.4 is 10.3 Å². The lowest BCUT2D eigenvalue weighted by Crippen LogP contribution is -2.48. The number of amides is 2. The highest BCUT2D eigenvalue weighted by Crippen LogP contribution is 2.38. The van der Waals surface area contributed by atoms with E-state index in [2.05, 4.69) is 15.3 Å². The number of halogens is 1. The van der Waals surface area contributed by atoms with Gasteiger partial charge in [0, 0.05) is 0 Å². The largest absolute Gasteiger partial charge is 0.464 e. The highest BCUT2D eigenvalue weighted by atomic mass is 19.1. The Morgan fingerprint density at radius 2 is 2.09 bits per heavy atom. The number of para-hydroxylation sites is 1. The number of hydrogen-bond acceptors (Lipinski definition) is 6. The molecule has 0 spiro atoms. The van der Waals surface area contributed by atoms with Crippen molar-refractivity contribution in [3.05, 3.63) is 30.1 Å². The van der Waals surface area contributed by atoms with Gasteiger partial charge >= 0.3 is 5.97 Å². The molecule has 3 rings (SSSR count). The van der Waals surface area contributed by atoms with E-state index in [0.717, 1.165) is 18.1 Å². The number of imide groups is 1. The summed E-state index contributed by atoms with van der Waals surface area (Å²) in [5, 5.41) is 3.74. The van der Waals surface area contributed by atoms with Gasteiger partial charge in [0.2, 0.25) is 5.91 Å². The van der Waals surface area contributed by atoms with Crippen LogP contribution >= 0.6 is 0 Å². The predicted molar refractivity (Wildman–Crippen MR) is 73.4 cm³/mol. The minimum absolute atomic E-state index is 0.154. The fraction of sp³-hybridized carbons (Fsp3) is 0.286. The van der Waals surface area contributed by atoms with Crippen molar-refractivity contribution in [3.63, 3.8) is 0 Å². The van der Waals surface area contributed by atoms with Gasteiger partial charge in [-0.05, 0) is 19.1 Å². The van der Waals surface area contributed by atoms with Crippen LogP contribution in [-0.4, -0.2) is 36.1 Å². The van der Waals surface area contributed by atoms with Crippen molar-refractivity contribution in [2.75, 3.05) is 12.0 Å². The molecule has 114 valence electrons. The molecule has 1 aromatic rings. The summed E-state index contributed by atoms with van der Waals surface area (Å²) in [6.07, 6.45) is 0. The Balaban J connectivity index is 2.07. The third kappa shape index (κ3) is 1.66. The molecule has 1 fully saturated rings. The maximum atomic E-state index is 13.9. The molecular formula is C14H12FN3O4. The van der Waals surface area contributed by atoms with Gasteiger partial charge < -0.3 is 4.74 Å². The van der Waals surface area contributed by atoms with Gasteiger partial charge in [-0.3, -0.25) is 15.0 Å². The first-order valence-electron chi connectivity index (χ1n) is 6.48. The second-order valence-electron chi connectivity index (χ2n) is 5.17. The second kappa shape index (κ2) is 4.62. The summed E-state index contributed by atoms with van der Waals surface area (Å²) in [5.41, 5.74) is 0.739. The highest BCUT2D eigenvalue weighted by molar-refractivity contribution is 6.47. The average Bonchev–Trinajstić information content (AvgIpc) is 2.95. The van der Waals surface area contributed by atoms with Crippen LogP contribution in [0.25, 0.3) is 0 Å². The fourth-order valence-electron chi connectivity index (χ4n) is 2.70. The van der Waals surface area contributed by atoms with Crippen LogP contribution in [0.5, 0.6) is 0 Å². The zero-order valence-corrected chi connectivity index (χ0v) is 11.8. The van der Waals surface area contributed by atoms with E-state index < -0.39 is 35.1 Å². The van der Waals surface area contributed by atoms with E-state index in [4.69, 9.17) is 0 Å². The van der Waals surface area contributed by atoms with E-state index in [9.17, 15) is 18.8 Å². The van der Waals surface area contributed by atoms with Gasteiger partial charge in [0.05, 0.1) is 12.8 Å². The number of esters is 1. The number of ether oxygens (including phenoxy) is 1. The normalized spacial score (nSPS) is 26.6. The van der Waals surface area contributed by atoms with Crippen LogP contribution in [0.1, 0.15) is 6.92 Å². The van der Waals surface area contributed by atoms with E-state index in [0.29, 0.717) is 0 Å². The van der Waals surface area contributed by atoms with Crippen LogP contribution in [0.3, 0.4) is 0 Å². The topological polar surface area (TPSA) is 88.1 Å². The third-order valence-electron chi connectivity index (χ3n) is 3.86. The van der Waals surface area contributed by atoms with E-state index in [1.807, 2.05) is 0 Å². The van der Waals surface area contributed by atoms with Gasteiger partial charge in [-0.25, -0.2) is 14.1 Å². The Labute approximate surface area is 124 Å². The molecule has 7 nitrogen and oxygen atoms in total. The number of carbonyl (C=O) groups excluding carboxylic acids is 3. The summed E-state index contributed by atoms with van der Waals surface area (Å²) >= 11 is 0. The van der Waals surface area contributed by atoms with Gasteiger partial charge in [0.1, 0.15) is 17.3 Å². The Kier molecular flexibility index (Phi) is 2.98. The molecule has 0 unspecified atom stereocenters. The summed E-state index contributed by atoms with van der Waals surface area (Å²) in [5.74, 6) is -4.05. The maximum Gasteiger partial charge on any atom is 0.355 e. The first-order valence-corrected chi connectivity index (χ1v) is 6.48. The quantitative estimate of drug-likeness (QED) is 0.623. The monoisotopic (exact) mass is 305 g/mol. The van der Waals surface area contributed by atoms with Gasteiger partial charge in [0.15, 0.2) is 5.71 Å². The summed E-state index contributed by atoms with van der Waals surface area (Å²) in [6.45, 7) is 1.44. The lowest BCUT2D eigenvalue weighted by atomic mass is 9.86. The molecule has 2 amide bonds. The molecule has 0 radical (unpaired) electrons. The van der Waals surface area contributed by atoms with Crippen molar-refractivity contribution < 1.29 is 23.5 Å². The number of nitrogens with one attached hydrogen (secondary N) is 1. The Morgan fingerprint density at radius 3 is 2.73 bits per heavy atom. The number of nitrogens with zero attached hydrogens (tertiary/aromatic N) is 2. The zero-order chi connectivity index (χ0) is 16.1. The number of hydrogen-bond donors (Lipinski definition) is 1. The van der Waals surface area contributed by atoms with Crippen LogP contribution in [0, 0.1) is 11.7 Å². The van der Waals surface area contributed by atoms with Gasteiger partial charge in [0.25, 0.3) is 5.91 Å². The molecule has 0 saturated carbocycles. The predicted octanol–water partition coefficient (Wildman–Crippen LogP) is 0.206. The maximum absolute atomic E-state index is 13.9. The number of anilines is 1. The van der Waals surface area contributed by atoms with Crippen molar-refractivity contribution in [1.29, 1.82) is 0 Å². The van der Waals surface area contributed by atoms with Crippen LogP contribution in [0.2, 0.25) is 0 Å². The number of benzene rings is 1. The lowest BCUT2D eigenvalue weighted by Gasteiger charge is -2.20. The molecule has 1 saturated heterocycles. The molecule has 2 atom stereocenters. The van der Waals surface area contributed by atoms with Gasteiger partial charge in [-0.1, -0.05) is 12.1 Å². The van der Waals surface area contributed by atoms with Crippen LogP contribution in [-0.2, 0) is 19.1 Å². The van der Waals surface area contributed by atoms with Crippen molar-refractivity contribution in [3.8, 4) is 0 Å². The molecule has 8 heteroatoms. The summed E-state index contributed by atoms with van der Waals surface area (Å²) in [7, 11) is 1.15. The summed E-state index contributed by atoms with van der Waals surface area (Å²) in [6, 6.07) is 5.43. The zero-order valence-electron chi connectivity index (χ0n) is 11.8. The van der Waals surface area contributed by atoms with Gasteiger partial charge in [-0.15, -0.1) is 0 Å². The van der Waals surface area contributed by atoms with Crippen molar-refractivity contribution in [2.24, 2.45) is 11.0 Å². The molecule has 1 N–H and O–H groups in total. The van der Waals surface area contributed by atoms with Gasteiger partial charge in [-0.2, -0.15) is 5.10 Å². The number of carbonyl (C=O) groups is 3. The average molecular weight is 305 g/mol. The minimum Gasteiger partial charge on any atom is -0.464 e. The van der Waals surface area contributed by atoms with E-state index in [1.165, 1.54) is 25.1 Å². The first kappa shape index (κ1) is 14.2. The molecule has 0 aromatic heterocycles. The summed E-state index contributed by atoms with van der Waals surface area (Å²) in [4.78, 5) is 37.6. The van der Waals surface area contributed by atoms with Crippen LogP contribution in [0.4, 0.5) is 10.1 Å². The highest BCUT2D eigenvalue weighted by Gasteiger charge is 2.63. The number of hydrazone groups is 1. The van der Waals surface area contributed by atoms with E-state index in [1.54, 1.807) is 0 Å². The molecular weight excluding hydrogens is 293 g/mol. The van der Waals surface area contributed by atoms with E-state index in [-0.39, 0.29) is 11.4 Å². The standard InChI is InChI=1S/C14H12FN3O4/c1-14-9(10(16-17-14)12(20)22-2)11(19)18(13(14)21)8-6-4-3-5-7(8)15/h3-6,9,17H,1-2H3/t9-,14+/m0/s1. The fourth-order valence-corrected chi connectivity index (χ4v) is 2.70. The molecule has 0 aliphatic carbocycles. The Morgan fingerprint density at radius 1 is 1.41 bits per heavy atom. The number of fused-ring (bicyclic) bond motifs is 1. The molecule has 2 heterocycles. The van der Waals surface area contributed by atoms with Crippen molar-refractivity contribution in [1.82, 2.24) is 5.43 Å². The lowest BCUT2D eigenvalue weighted by molar-refractivity contribution is -0.133. The SMILES string of the molecule is COC(=O)C1=NN[C@@]2(C)C(=O)N(c3ccccc3F)C(=O)[C@H]12. The smallest absolute Gasteiger partial charge is 0.355 e. The van der Waals surface area contributed by atoms with Crippen LogP contribution in [0.15, 0.2) is 29.4 Å². The van der Waals surface area contributed by atoms with E-state index >= 15 is 0 Å². The first-order chi connectivity index (χ1) is 10.4. The molecule has 0 bridgehead atoms. The molecule has 1 aromatic carbocycles.